The van der Waals surface area contributed by atoms with Crippen LogP contribution >= 0.6 is 27.3 Å². The van der Waals surface area contributed by atoms with Gasteiger partial charge in [0.15, 0.2) is 6.61 Å². The lowest BCUT2D eigenvalue weighted by Gasteiger charge is -2.15. The van der Waals surface area contributed by atoms with Gasteiger partial charge in [-0.25, -0.2) is 4.79 Å². The van der Waals surface area contributed by atoms with Crippen LogP contribution in [0.3, 0.4) is 0 Å². The fourth-order valence-electron chi connectivity index (χ4n) is 2.23. The summed E-state index contributed by atoms with van der Waals surface area (Å²) >= 11 is 4.95. The molecule has 0 aliphatic rings. The van der Waals surface area contributed by atoms with Crippen molar-refractivity contribution < 1.29 is 14.3 Å². The van der Waals surface area contributed by atoms with Crippen LogP contribution in [-0.4, -0.2) is 40.6 Å². The number of amides is 1. The first-order valence-corrected chi connectivity index (χ1v) is 9.45. The van der Waals surface area contributed by atoms with Crippen LogP contribution in [0.15, 0.2) is 52.3 Å². The van der Waals surface area contributed by atoms with E-state index in [0.29, 0.717) is 12.2 Å². The highest BCUT2D eigenvalue weighted by atomic mass is 79.9. The third kappa shape index (κ3) is 4.59. The Morgan fingerprint density at radius 3 is 2.73 bits per heavy atom. The van der Waals surface area contributed by atoms with E-state index in [1.54, 1.807) is 24.5 Å². The first kappa shape index (κ1) is 18.3. The molecule has 26 heavy (non-hydrogen) atoms. The van der Waals surface area contributed by atoms with Crippen molar-refractivity contribution in [1.29, 1.82) is 0 Å². The zero-order chi connectivity index (χ0) is 18.5. The van der Waals surface area contributed by atoms with Crippen molar-refractivity contribution in [3.63, 3.8) is 0 Å². The average molecular weight is 434 g/mol. The highest BCUT2D eigenvalue weighted by Crippen LogP contribution is 2.20. The molecular weight excluding hydrogens is 418 g/mol. The van der Waals surface area contributed by atoms with Gasteiger partial charge in [-0.05, 0) is 29.6 Å². The number of aromatic nitrogens is 2. The number of hydrogen-bond donors (Lipinski definition) is 1. The standard InChI is InChI=1S/C18H16BrN3O3S/c1-22(10-14-3-2-8-26-14)17(23)11-25-18(24)16-9-15(20-21-16)12-4-6-13(19)7-5-12/h2-9H,10-11H2,1H3,(H,20,21). The highest BCUT2D eigenvalue weighted by Gasteiger charge is 2.16. The van der Waals surface area contributed by atoms with E-state index in [-0.39, 0.29) is 18.2 Å². The summed E-state index contributed by atoms with van der Waals surface area (Å²) in [4.78, 5) is 26.8. The number of nitrogens with one attached hydrogen (secondary N) is 1. The Balaban J connectivity index is 1.55. The lowest BCUT2D eigenvalue weighted by atomic mass is 10.1. The molecule has 0 fully saturated rings. The number of nitrogens with zero attached hydrogens (tertiary/aromatic N) is 2. The molecule has 1 aromatic carbocycles. The average Bonchev–Trinajstić information content (AvgIpc) is 3.32. The molecule has 0 radical (unpaired) electrons. The van der Waals surface area contributed by atoms with E-state index in [9.17, 15) is 9.59 Å². The number of benzene rings is 1. The van der Waals surface area contributed by atoms with Crippen molar-refractivity contribution in [2.45, 2.75) is 6.54 Å². The largest absolute Gasteiger partial charge is 0.451 e. The van der Waals surface area contributed by atoms with Gasteiger partial charge in [-0.2, -0.15) is 5.10 Å². The Morgan fingerprint density at radius 1 is 1.27 bits per heavy atom. The van der Waals surface area contributed by atoms with Crippen molar-refractivity contribution >= 4 is 39.1 Å². The summed E-state index contributed by atoms with van der Waals surface area (Å²) in [6, 6.07) is 13.0. The second-order valence-corrected chi connectivity index (χ2v) is 7.53. The maximum atomic E-state index is 12.1. The first-order valence-electron chi connectivity index (χ1n) is 7.78. The number of rotatable bonds is 6. The van der Waals surface area contributed by atoms with Crippen LogP contribution in [0.25, 0.3) is 11.3 Å². The van der Waals surface area contributed by atoms with Gasteiger partial charge in [0.1, 0.15) is 5.69 Å². The molecule has 2 heterocycles. The maximum absolute atomic E-state index is 12.1. The minimum absolute atomic E-state index is 0.205. The molecule has 0 saturated carbocycles. The highest BCUT2D eigenvalue weighted by molar-refractivity contribution is 9.10. The van der Waals surface area contributed by atoms with E-state index in [0.717, 1.165) is 14.9 Å². The Morgan fingerprint density at radius 2 is 2.04 bits per heavy atom. The molecule has 0 saturated heterocycles. The number of carbonyl (C=O) groups is 2. The van der Waals surface area contributed by atoms with Gasteiger partial charge in [0.2, 0.25) is 0 Å². The van der Waals surface area contributed by atoms with Crippen LogP contribution in [0.2, 0.25) is 0 Å². The zero-order valence-corrected chi connectivity index (χ0v) is 16.3. The number of aromatic amines is 1. The summed E-state index contributed by atoms with van der Waals surface area (Å²) in [6.07, 6.45) is 0. The molecule has 0 aliphatic carbocycles. The Hall–Kier alpha value is -2.45. The van der Waals surface area contributed by atoms with Crippen LogP contribution in [0.4, 0.5) is 0 Å². The van der Waals surface area contributed by atoms with E-state index in [1.807, 2.05) is 41.8 Å². The Kier molecular flexibility index (Phi) is 5.85. The molecule has 8 heteroatoms. The maximum Gasteiger partial charge on any atom is 0.356 e. The number of likely N-dealkylation sites (N-methyl/N-ethyl adjacent to an activating group) is 1. The quantitative estimate of drug-likeness (QED) is 0.601. The fourth-order valence-corrected chi connectivity index (χ4v) is 3.26. The molecule has 1 amide bonds. The second kappa shape index (κ2) is 8.29. The normalized spacial score (nSPS) is 10.5. The van der Waals surface area contributed by atoms with Crippen molar-refractivity contribution in [2.75, 3.05) is 13.7 Å². The van der Waals surface area contributed by atoms with Crippen molar-refractivity contribution in [3.8, 4) is 11.3 Å². The van der Waals surface area contributed by atoms with Gasteiger partial charge in [-0.15, -0.1) is 11.3 Å². The molecule has 6 nitrogen and oxygen atoms in total. The van der Waals surface area contributed by atoms with Gasteiger partial charge in [-0.1, -0.05) is 34.1 Å². The summed E-state index contributed by atoms with van der Waals surface area (Å²) in [6.45, 7) is 0.180. The van der Waals surface area contributed by atoms with E-state index in [4.69, 9.17) is 4.74 Å². The minimum Gasteiger partial charge on any atom is -0.451 e. The molecule has 2 aromatic heterocycles. The van der Waals surface area contributed by atoms with Crippen LogP contribution in [-0.2, 0) is 16.1 Å². The predicted molar refractivity (Wildman–Crippen MR) is 103 cm³/mol. The fraction of sp³-hybridized carbons (Fsp3) is 0.167. The molecule has 0 unspecified atom stereocenters. The van der Waals surface area contributed by atoms with E-state index < -0.39 is 5.97 Å². The molecule has 3 aromatic rings. The number of carbonyl (C=O) groups excluding carboxylic acids is 2. The number of H-pyrrole nitrogens is 1. The third-order valence-electron chi connectivity index (χ3n) is 3.66. The van der Waals surface area contributed by atoms with Gasteiger partial charge < -0.3 is 9.64 Å². The van der Waals surface area contributed by atoms with Gasteiger partial charge in [0.25, 0.3) is 5.91 Å². The smallest absolute Gasteiger partial charge is 0.356 e. The summed E-state index contributed by atoms with van der Waals surface area (Å²) < 4.78 is 6.05. The van der Waals surface area contributed by atoms with Crippen molar-refractivity contribution in [2.24, 2.45) is 0 Å². The van der Waals surface area contributed by atoms with Crippen molar-refractivity contribution in [3.05, 3.63) is 62.9 Å². The lowest BCUT2D eigenvalue weighted by Crippen LogP contribution is -2.30. The Labute approximate surface area is 162 Å². The topological polar surface area (TPSA) is 75.3 Å². The lowest BCUT2D eigenvalue weighted by molar-refractivity contribution is -0.133. The third-order valence-corrected chi connectivity index (χ3v) is 5.05. The van der Waals surface area contributed by atoms with Crippen LogP contribution in [0.1, 0.15) is 15.4 Å². The SMILES string of the molecule is CN(Cc1cccs1)C(=O)COC(=O)c1cc(-c2ccc(Br)cc2)n[nH]1. The number of esters is 1. The molecular formula is C18H16BrN3O3S. The van der Waals surface area contributed by atoms with E-state index >= 15 is 0 Å². The Bertz CT molecular complexity index is 891. The minimum atomic E-state index is -0.612. The molecule has 0 bridgehead atoms. The number of hydrogen-bond acceptors (Lipinski definition) is 5. The zero-order valence-electron chi connectivity index (χ0n) is 13.9. The number of ether oxygens (including phenoxy) is 1. The van der Waals surface area contributed by atoms with Gasteiger partial charge >= 0.3 is 5.97 Å². The van der Waals surface area contributed by atoms with Crippen LogP contribution in [0.5, 0.6) is 0 Å². The summed E-state index contributed by atoms with van der Waals surface area (Å²) in [5.74, 6) is -0.877. The van der Waals surface area contributed by atoms with Gasteiger partial charge in [-0.3, -0.25) is 9.89 Å². The molecule has 0 aliphatic heterocycles. The molecule has 3 rings (SSSR count). The predicted octanol–water partition coefficient (Wildman–Crippen LogP) is 3.72. The second-order valence-electron chi connectivity index (χ2n) is 5.58. The summed E-state index contributed by atoms with van der Waals surface area (Å²) in [5.41, 5.74) is 1.71. The number of thiophene rings is 1. The first-order chi connectivity index (χ1) is 12.5. The molecule has 0 atom stereocenters. The van der Waals surface area contributed by atoms with Gasteiger partial charge in [0, 0.05) is 22.0 Å². The van der Waals surface area contributed by atoms with Crippen LogP contribution in [0, 0.1) is 0 Å². The van der Waals surface area contributed by atoms with E-state index in [2.05, 4.69) is 26.1 Å². The number of halogens is 1. The molecule has 0 spiro atoms. The monoisotopic (exact) mass is 433 g/mol. The summed E-state index contributed by atoms with van der Waals surface area (Å²) in [7, 11) is 1.68. The summed E-state index contributed by atoms with van der Waals surface area (Å²) in [5, 5.41) is 8.72. The van der Waals surface area contributed by atoms with Crippen LogP contribution < -0.4 is 0 Å². The van der Waals surface area contributed by atoms with Crippen molar-refractivity contribution in [1.82, 2.24) is 15.1 Å². The van der Waals surface area contributed by atoms with E-state index in [1.165, 1.54) is 4.90 Å². The van der Waals surface area contributed by atoms with Gasteiger partial charge in [0.05, 0.1) is 12.2 Å². The molecule has 1 N–H and O–H groups in total. The molecule has 134 valence electrons.